The number of rotatable bonds is 3. The second kappa shape index (κ2) is 5.81. The summed E-state index contributed by atoms with van der Waals surface area (Å²) in [5.41, 5.74) is 3.15. The van der Waals surface area contributed by atoms with Crippen molar-refractivity contribution in [1.29, 1.82) is 0 Å². The lowest BCUT2D eigenvalue weighted by Gasteiger charge is -2.30. The Morgan fingerprint density at radius 3 is 2.61 bits per heavy atom. The van der Waals surface area contributed by atoms with Crippen LogP contribution in [0.1, 0.15) is 27.9 Å². The molecule has 1 fully saturated rings. The molecule has 4 rings (SSSR count). The van der Waals surface area contributed by atoms with E-state index in [0.717, 1.165) is 37.4 Å². The first-order chi connectivity index (χ1) is 11.2. The van der Waals surface area contributed by atoms with Gasteiger partial charge in [0.2, 0.25) is 5.95 Å². The molecule has 1 aliphatic carbocycles. The van der Waals surface area contributed by atoms with Gasteiger partial charge >= 0.3 is 0 Å². The number of anilines is 1. The Labute approximate surface area is 139 Å². The van der Waals surface area contributed by atoms with Crippen molar-refractivity contribution >= 4 is 23.5 Å². The quantitative estimate of drug-likeness (QED) is 0.940. The maximum absolute atomic E-state index is 12.1. The van der Waals surface area contributed by atoms with Gasteiger partial charge in [-0.25, -0.2) is 9.97 Å². The van der Waals surface area contributed by atoms with Crippen LogP contribution in [-0.4, -0.2) is 39.9 Å². The second-order valence-electron chi connectivity index (χ2n) is 6.10. The lowest BCUT2D eigenvalue weighted by molar-refractivity contribution is 0.0651. The van der Waals surface area contributed by atoms with Crippen molar-refractivity contribution < 1.29 is 4.79 Å². The number of aromatic nitrogens is 2. The lowest BCUT2D eigenvalue weighted by Crippen LogP contribution is -2.42. The Kier molecular flexibility index (Phi) is 3.65. The van der Waals surface area contributed by atoms with Crippen LogP contribution in [0.3, 0.4) is 0 Å². The molecule has 0 bridgehead atoms. The number of halogens is 1. The van der Waals surface area contributed by atoms with Gasteiger partial charge in [-0.2, -0.15) is 0 Å². The van der Waals surface area contributed by atoms with Crippen LogP contribution in [-0.2, 0) is 12.8 Å². The van der Waals surface area contributed by atoms with E-state index in [0.29, 0.717) is 11.5 Å². The molecule has 0 spiro atoms. The number of nitrogens with zero attached hydrogens (tertiary/aromatic N) is 3. The summed E-state index contributed by atoms with van der Waals surface area (Å²) in [6.45, 7) is 1.67. The Hall–Kier alpha value is -2.14. The predicted octanol–water partition coefficient (Wildman–Crippen LogP) is 2.56. The van der Waals surface area contributed by atoms with Gasteiger partial charge in [0.15, 0.2) is 0 Å². The number of fused-ring (bicyclic) bond motifs is 1. The summed E-state index contributed by atoms with van der Waals surface area (Å²) in [6, 6.07) is 6.29. The van der Waals surface area contributed by atoms with Gasteiger partial charge in [0.25, 0.3) is 5.91 Å². The second-order valence-corrected chi connectivity index (χ2v) is 6.54. The SMILES string of the molecule is O=C(c1cnc(NC2Cc3ccc(Cl)cc3C2)nc1)N1CCC1. The van der Waals surface area contributed by atoms with E-state index in [2.05, 4.69) is 21.4 Å². The van der Waals surface area contributed by atoms with Crippen molar-refractivity contribution in [2.75, 3.05) is 18.4 Å². The topological polar surface area (TPSA) is 58.1 Å². The molecule has 5 nitrogen and oxygen atoms in total. The molecule has 2 heterocycles. The van der Waals surface area contributed by atoms with Crippen LogP contribution < -0.4 is 5.32 Å². The molecule has 0 saturated carbocycles. The van der Waals surface area contributed by atoms with Crippen LogP contribution >= 0.6 is 11.6 Å². The number of nitrogens with one attached hydrogen (secondary N) is 1. The molecule has 23 heavy (non-hydrogen) atoms. The van der Waals surface area contributed by atoms with Crippen molar-refractivity contribution in [3.05, 3.63) is 52.3 Å². The van der Waals surface area contributed by atoms with E-state index in [-0.39, 0.29) is 11.9 Å². The minimum atomic E-state index is 0.0192. The Bertz CT molecular complexity index is 743. The standard InChI is InChI=1S/C17H17ClN4O/c18-14-3-2-11-7-15(8-12(11)6-14)21-17-19-9-13(10-20-17)16(23)22-4-1-5-22/h2-3,6,9-10,15H,1,4-5,7-8H2,(H,19,20,21). The average Bonchev–Trinajstić information content (AvgIpc) is 2.87. The number of benzene rings is 1. The van der Waals surface area contributed by atoms with Crippen LogP contribution in [0.25, 0.3) is 0 Å². The number of hydrogen-bond acceptors (Lipinski definition) is 4. The number of carbonyl (C=O) groups is 1. The zero-order chi connectivity index (χ0) is 15.8. The van der Waals surface area contributed by atoms with Gasteiger partial charge in [0, 0.05) is 36.5 Å². The molecule has 1 aliphatic heterocycles. The summed E-state index contributed by atoms with van der Waals surface area (Å²) in [5.74, 6) is 0.583. The van der Waals surface area contributed by atoms with Crippen LogP contribution in [0.5, 0.6) is 0 Å². The van der Waals surface area contributed by atoms with Gasteiger partial charge in [-0.1, -0.05) is 17.7 Å². The maximum atomic E-state index is 12.1. The maximum Gasteiger partial charge on any atom is 0.256 e. The van der Waals surface area contributed by atoms with Gasteiger partial charge < -0.3 is 10.2 Å². The minimum absolute atomic E-state index is 0.0192. The highest BCUT2D eigenvalue weighted by Gasteiger charge is 2.24. The fraction of sp³-hybridized carbons (Fsp3) is 0.353. The van der Waals surface area contributed by atoms with E-state index >= 15 is 0 Å². The van der Waals surface area contributed by atoms with Crippen LogP contribution in [0.2, 0.25) is 5.02 Å². The molecule has 1 atom stereocenters. The Morgan fingerprint density at radius 2 is 1.91 bits per heavy atom. The number of likely N-dealkylation sites (tertiary alicyclic amines) is 1. The number of carbonyl (C=O) groups excluding carboxylic acids is 1. The Morgan fingerprint density at radius 1 is 1.17 bits per heavy atom. The molecule has 1 N–H and O–H groups in total. The van der Waals surface area contributed by atoms with E-state index in [4.69, 9.17) is 11.6 Å². The Balaban J connectivity index is 1.41. The van der Waals surface area contributed by atoms with E-state index < -0.39 is 0 Å². The van der Waals surface area contributed by atoms with Crippen molar-refractivity contribution in [2.45, 2.75) is 25.3 Å². The van der Waals surface area contributed by atoms with E-state index in [1.807, 2.05) is 17.0 Å². The normalized spacial score (nSPS) is 19.2. The first kappa shape index (κ1) is 14.5. The molecular weight excluding hydrogens is 312 g/mol. The third-order valence-electron chi connectivity index (χ3n) is 4.48. The molecule has 2 aromatic rings. The van der Waals surface area contributed by atoms with Crippen LogP contribution in [0, 0.1) is 0 Å². The highest BCUT2D eigenvalue weighted by molar-refractivity contribution is 6.30. The highest BCUT2D eigenvalue weighted by Crippen LogP contribution is 2.26. The molecular formula is C17H17ClN4O. The molecule has 1 unspecified atom stereocenters. The molecule has 1 amide bonds. The third kappa shape index (κ3) is 2.88. The summed E-state index contributed by atoms with van der Waals surface area (Å²) in [4.78, 5) is 22.5. The number of hydrogen-bond donors (Lipinski definition) is 1. The summed E-state index contributed by atoms with van der Waals surface area (Å²) >= 11 is 6.04. The van der Waals surface area contributed by atoms with Crippen molar-refractivity contribution in [3.8, 4) is 0 Å². The molecule has 1 aromatic carbocycles. The molecule has 0 radical (unpaired) electrons. The average molecular weight is 329 g/mol. The summed E-state index contributed by atoms with van der Waals surface area (Å²) in [5, 5.41) is 4.11. The van der Waals surface area contributed by atoms with Crippen LogP contribution in [0.4, 0.5) is 5.95 Å². The summed E-state index contributed by atoms with van der Waals surface area (Å²) < 4.78 is 0. The zero-order valence-corrected chi connectivity index (χ0v) is 13.4. The van der Waals surface area contributed by atoms with Crippen molar-refractivity contribution in [2.24, 2.45) is 0 Å². The lowest BCUT2D eigenvalue weighted by atomic mass is 10.1. The molecule has 6 heteroatoms. The summed E-state index contributed by atoms with van der Waals surface area (Å²) in [7, 11) is 0. The minimum Gasteiger partial charge on any atom is -0.351 e. The predicted molar refractivity (Wildman–Crippen MR) is 88.8 cm³/mol. The molecule has 1 saturated heterocycles. The monoisotopic (exact) mass is 328 g/mol. The van der Waals surface area contributed by atoms with Gasteiger partial charge in [0.05, 0.1) is 5.56 Å². The number of amides is 1. The fourth-order valence-electron chi connectivity index (χ4n) is 3.09. The van der Waals surface area contributed by atoms with Crippen molar-refractivity contribution in [3.63, 3.8) is 0 Å². The smallest absolute Gasteiger partial charge is 0.256 e. The van der Waals surface area contributed by atoms with Crippen molar-refractivity contribution in [1.82, 2.24) is 14.9 Å². The molecule has 118 valence electrons. The first-order valence-electron chi connectivity index (χ1n) is 7.84. The van der Waals surface area contributed by atoms with Gasteiger partial charge in [-0.15, -0.1) is 0 Å². The molecule has 2 aliphatic rings. The summed E-state index contributed by atoms with van der Waals surface area (Å²) in [6.07, 6.45) is 6.14. The van der Waals surface area contributed by atoms with Gasteiger partial charge in [-0.3, -0.25) is 4.79 Å². The third-order valence-corrected chi connectivity index (χ3v) is 4.71. The van der Waals surface area contributed by atoms with Gasteiger partial charge in [0.1, 0.15) is 0 Å². The zero-order valence-electron chi connectivity index (χ0n) is 12.6. The fourth-order valence-corrected chi connectivity index (χ4v) is 3.28. The first-order valence-corrected chi connectivity index (χ1v) is 8.22. The van der Waals surface area contributed by atoms with Gasteiger partial charge in [-0.05, 0) is 42.5 Å². The van der Waals surface area contributed by atoms with Crippen LogP contribution in [0.15, 0.2) is 30.6 Å². The highest BCUT2D eigenvalue weighted by atomic mass is 35.5. The molecule has 1 aromatic heterocycles. The largest absolute Gasteiger partial charge is 0.351 e. The van der Waals surface area contributed by atoms with E-state index in [9.17, 15) is 4.79 Å². The van der Waals surface area contributed by atoms with E-state index in [1.165, 1.54) is 11.1 Å². The van der Waals surface area contributed by atoms with E-state index in [1.54, 1.807) is 12.4 Å².